The first-order valence-corrected chi connectivity index (χ1v) is 9.27. The molecule has 3 unspecified atom stereocenters. The van der Waals surface area contributed by atoms with Crippen LogP contribution in [0.5, 0.6) is 0 Å². The fourth-order valence-electron chi connectivity index (χ4n) is 0.862. The number of hydrogen-bond acceptors (Lipinski definition) is 8. The van der Waals surface area contributed by atoms with Gasteiger partial charge in [0, 0.05) is 0 Å². The van der Waals surface area contributed by atoms with Crippen molar-refractivity contribution in [3.63, 3.8) is 0 Å². The average Bonchev–Trinajstić information content (AvgIpc) is 2.33. The van der Waals surface area contributed by atoms with Gasteiger partial charge in [-0.15, -0.1) is 0 Å². The first-order valence-electron chi connectivity index (χ1n) is 5.28. The molecular weight excluding hydrogens is 359 g/mol. The second-order valence-electron chi connectivity index (χ2n) is 3.25. The van der Waals surface area contributed by atoms with Gasteiger partial charge in [-0.25, -0.2) is 13.2 Å². The predicted octanol–water partition coefficient (Wildman–Crippen LogP) is -1.56. The zero-order chi connectivity index (χ0) is 15.9. The molecule has 0 aromatic heterocycles. The molecule has 0 aliphatic rings. The van der Waals surface area contributed by atoms with E-state index in [0.29, 0.717) is 0 Å². The molecule has 1 N–H and O–H groups in total. The van der Waals surface area contributed by atoms with Crippen molar-refractivity contribution in [3.8, 4) is 0 Å². The molecule has 0 radical (unpaired) electrons. The van der Waals surface area contributed by atoms with Crippen LogP contribution in [-0.2, 0) is 50.2 Å². The van der Waals surface area contributed by atoms with E-state index in [1.165, 1.54) is 13.8 Å². The number of carbonyl (C=O) groups is 2. The zero-order valence-corrected chi connectivity index (χ0v) is 13.1. The van der Waals surface area contributed by atoms with Crippen LogP contribution in [0, 0.1) is 0 Å². The molecule has 0 saturated carbocycles. The molecule has 0 rings (SSSR count). The Kier molecular flexibility index (Phi) is 12.0. The number of rotatable bonds is 8. The summed E-state index contributed by atoms with van der Waals surface area (Å²) in [5.41, 5.74) is 0. The Hall–Kier alpha value is 0.150. The summed E-state index contributed by atoms with van der Waals surface area (Å²) in [6.07, 6.45) is -1.09. The molecule has 0 bridgehead atoms. The van der Waals surface area contributed by atoms with Crippen LogP contribution in [0.4, 0.5) is 0 Å². The van der Waals surface area contributed by atoms with Crippen molar-refractivity contribution >= 4 is 73.8 Å². The van der Waals surface area contributed by atoms with E-state index in [2.05, 4.69) is 8.37 Å². The standard InChI is InChI=1S/C8H14O9S3.Na.H/c1-3-18(11)16-7(9)5-6(20(13,14)15)8(10)17-19(12)4-2;;/h6H,3-5H2,1-2H3,(H,13,14,15);;. The van der Waals surface area contributed by atoms with Gasteiger partial charge in [-0.05, 0) is 0 Å². The van der Waals surface area contributed by atoms with Gasteiger partial charge in [0.1, 0.15) is 0 Å². The molecule has 0 aromatic carbocycles. The third-order valence-electron chi connectivity index (χ3n) is 1.81. The van der Waals surface area contributed by atoms with Gasteiger partial charge in [0.2, 0.25) is 22.2 Å². The quantitative estimate of drug-likeness (QED) is 0.394. The molecule has 0 aliphatic carbocycles. The van der Waals surface area contributed by atoms with Gasteiger partial charge in [0.15, 0.2) is 5.25 Å². The van der Waals surface area contributed by atoms with Crippen molar-refractivity contribution < 1.29 is 39.3 Å². The molecule has 0 aliphatic heterocycles. The SMILES string of the molecule is CCS(=O)OC(=O)CC(C(=O)OS(=O)CC)S(=O)(=O)O.[NaH]. The van der Waals surface area contributed by atoms with Gasteiger partial charge in [0.25, 0.3) is 10.1 Å². The molecule has 3 atom stereocenters. The molecule has 0 saturated heterocycles. The maximum absolute atomic E-state index is 11.4. The Morgan fingerprint density at radius 2 is 1.52 bits per heavy atom. The third kappa shape index (κ3) is 9.71. The summed E-state index contributed by atoms with van der Waals surface area (Å²) in [7, 11) is -4.96. The van der Waals surface area contributed by atoms with E-state index in [-0.39, 0.29) is 41.1 Å². The number of carbonyl (C=O) groups excluding carboxylic acids is 2. The fourth-order valence-corrected chi connectivity index (χ4v) is 2.37. The molecule has 0 aromatic rings. The van der Waals surface area contributed by atoms with Gasteiger partial charge in [-0.3, -0.25) is 9.35 Å². The van der Waals surface area contributed by atoms with Crippen LogP contribution in [0.2, 0.25) is 0 Å². The van der Waals surface area contributed by atoms with Crippen molar-refractivity contribution in [3.05, 3.63) is 0 Å². The maximum atomic E-state index is 11.4. The van der Waals surface area contributed by atoms with Crippen LogP contribution in [-0.4, -0.2) is 79.6 Å². The topological polar surface area (TPSA) is 141 Å². The first-order chi connectivity index (χ1) is 9.11. The van der Waals surface area contributed by atoms with E-state index in [1.807, 2.05) is 0 Å². The van der Waals surface area contributed by atoms with E-state index in [0.717, 1.165) is 0 Å². The molecular formula is C8H15NaO9S3. The second-order valence-corrected chi connectivity index (χ2v) is 7.55. The van der Waals surface area contributed by atoms with Crippen LogP contribution in [0.1, 0.15) is 20.3 Å². The van der Waals surface area contributed by atoms with Gasteiger partial charge < -0.3 is 8.37 Å². The normalized spacial score (nSPS) is 15.2. The Morgan fingerprint density at radius 3 is 1.90 bits per heavy atom. The van der Waals surface area contributed by atoms with Crippen LogP contribution in [0.15, 0.2) is 0 Å². The molecule has 0 spiro atoms. The van der Waals surface area contributed by atoms with Gasteiger partial charge in [-0.2, -0.15) is 8.42 Å². The summed E-state index contributed by atoms with van der Waals surface area (Å²) >= 11 is -4.04. The van der Waals surface area contributed by atoms with Crippen LogP contribution < -0.4 is 0 Å². The Bertz CT molecular complexity index is 515. The summed E-state index contributed by atoms with van der Waals surface area (Å²) in [5.74, 6) is -2.93. The van der Waals surface area contributed by atoms with E-state index >= 15 is 0 Å². The Balaban J connectivity index is 0. The van der Waals surface area contributed by atoms with Crippen molar-refractivity contribution in [1.82, 2.24) is 0 Å². The second kappa shape index (κ2) is 10.8. The summed E-state index contributed by atoms with van der Waals surface area (Å²) < 4.78 is 61.3. The summed E-state index contributed by atoms with van der Waals surface area (Å²) in [6, 6.07) is 0. The third-order valence-corrected chi connectivity index (χ3v) is 4.55. The molecule has 0 fully saturated rings. The minimum atomic E-state index is -4.96. The number of hydrogen-bond donors (Lipinski definition) is 1. The van der Waals surface area contributed by atoms with Crippen molar-refractivity contribution in [2.45, 2.75) is 25.5 Å². The molecule has 9 nitrogen and oxygen atoms in total. The van der Waals surface area contributed by atoms with Crippen LogP contribution in [0.3, 0.4) is 0 Å². The average molecular weight is 374 g/mol. The molecule has 120 valence electrons. The molecule has 13 heteroatoms. The van der Waals surface area contributed by atoms with Gasteiger partial charge in [-0.1, -0.05) is 13.8 Å². The molecule has 21 heavy (non-hydrogen) atoms. The Labute approximate surface area is 149 Å². The summed E-state index contributed by atoms with van der Waals surface area (Å²) in [4.78, 5) is 22.7. The van der Waals surface area contributed by atoms with Crippen molar-refractivity contribution in [2.75, 3.05) is 11.5 Å². The zero-order valence-electron chi connectivity index (χ0n) is 10.6. The van der Waals surface area contributed by atoms with Crippen LogP contribution >= 0.6 is 0 Å². The summed E-state index contributed by atoms with van der Waals surface area (Å²) in [5, 5.41) is -2.28. The monoisotopic (exact) mass is 374 g/mol. The van der Waals surface area contributed by atoms with Crippen LogP contribution in [0.25, 0.3) is 0 Å². The van der Waals surface area contributed by atoms with E-state index in [9.17, 15) is 26.4 Å². The van der Waals surface area contributed by atoms with E-state index < -0.39 is 55.9 Å². The fraction of sp³-hybridized carbons (Fsp3) is 0.750. The van der Waals surface area contributed by atoms with E-state index in [1.54, 1.807) is 0 Å². The minimum absolute atomic E-state index is 0. The molecule has 0 amide bonds. The van der Waals surface area contributed by atoms with Crippen molar-refractivity contribution in [2.24, 2.45) is 0 Å². The van der Waals surface area contributed by atoms with Gasteiger partial charge in [0.05, 0.1) is 17.9 Å². The van der Waals surface area contributed by atoms with Gasteiger partial charge >= 0.3 is 41.5 Å². The van der Waals surface area contributed by atoms with E-state index in [4.69, 9.17) is 4.55 Å². The first kappa shape index (κ1) is 23.4. The molecule has 0 heterocycles. The summed E-state index contributed by atoms with van der Waals surface area (Å²) in [6.45, 7) is 2.85. The van der Waals surface area contributed by atoms with Crippen molar-refractivity contribution in [1.29, 1.82) is 0 Å². The predicted molar refractivity (Wildman–Crippen MR) is 76.7 cm³/mol. The Morgan fingerprint density at radius 1 is 1.10 bits per heavy atom.